The van der Waals surface area contributed by atoms with Gasteiger partial charge in [0.15, 0.2) is 11.6 Å². The van der Waals surface area contributed by atoms with Crippen molar-refractivity contribution in [2.75, 3.05) is 0 Å². The van der Waals surface area contributed by atoms with Crippen LogP contribution in [0.2, 0.25) is 0 Å². The summed E-state index contributed by atoms with van der Waals surface area (Å²) in [6.45, 7) is 0. The fourth-order valence-corrected chi connectivity index (χ4v) is 1.01. The molecule has 0 heterocycles. The molecule has 0 saturated heterocycles. The molecule has 0 unspecified atom stereocenters. The third kappa shape index (κ3) is 2.02. The molecule has 1 aromatic carbocycles. The first-order valence-electron chi connectivity index (χ1n) is 3.69. The van der Waals surface area contributed by atoms with Crippen molar-refractivity contribution < 1.29 is 17.6 Å². The number of rotatable bonds is 2. The van der Waals surface area contributed by atoms with E-state index >= 15 is 0 Å². The second-order valence-electron chi connectivity index (χ2n) is 2.61. The smallest absolute Gasteiger partial charge is 0.205 e. The molecule has 0 aliphatic heterocycles. The van der Waals surface area contributed by atoms with Crippen molar-refractivity contribution in [3.8, 4) is 6.07 Å². The van der Waals surface area contributed by atoms with E-state index in [0.29, 0.717) is 6.07 Å². The quantitative estimate of drug-likeness (QED) is 0.678. The molecule has 0 spiro atoms. The zero-order valence-electron chi connectivity index (χ0n) is 6.90. The van der Waals surface area contributed by atoms with Gasteiger partial charge < -0.3 is 0 Å². The standard InChI is InChI=1S/C9H5F4N/c10-7-4-6(9(12)13)3-5(1-2-14)8(7)11/h3-4,9H,1H2. The molecule has 0 fully saturated rings. The molecular weight excluding hydrogens is 198 g/mol. The Morgan fingerprint density at radius 2 is 1.93 bits per heavy atom. The van der Waals surface area contributed by atoms with Crippen LogP contribution in [0.4, 0.5) is 17.6 Å². The molecule has 0 aromatic heterocycles. The molecular formula is C9H5F4N. The van der Waals surface area contributed by atoms with Crippen LogP contribution in [0.1, 0.15) is 17.6 Å². The van der Waals surface area contributed by atoms with E-state index < -0.39 is 30.0 Å². The van der Waals surface area contributed by atoms with Gasteiger partial charge in [-0.15, -0.1) is 0 Å². The van der Waals surface area contributed by atoms with Crippen molar-refractivity contribution in [3.63, 3.8) is 0 Å². The Morgan fingerprint density at radius 1 is 1.29 bits per heavy atom. The van der Waals surface area contributed by atoms with E-state index in [0.717, 1.165) is 6.07 Å². The minimum absolute atomic E-state index is 0.345. The average Bonchev–Trinajstić information content (AvgIpc) is 2.12. The molecule has 74 valence electrons. The Morgan fingerprint density at radius 3 is 2.43 bits per heavy atom. The first-order valence-corrected chi connectivity index (χ1v) is 3.69. The summed E-state index contributed by atoms with van der Waals surface area (Å²) in [7, 11) is 0. The van der Waals surface area contributed by atoms with E-state index in [1.807, 2.05) is 0 Å². The maximum atomic E-state index is 12.9. The van der Waals surface area contributed by atoms with E-state index in [9.17, 15) is 17.6 Å². The summed E-state index contributed by atoms with van der Waals surface area (Å²) < 4.78 is 49.8. The molecule has 5 heteroatoms. The van der Waals surface area contributed by atoms with Gasteiger partial charge in [0, 0.05) is 11.1 Å². The topological polar surface area (TPSA) is 23.8 Å². The second-order valence-corrected chi connectivity index (χ2v) is 2.61. The normalized spacial score (nSPS) is 10.3. The van der Waals surface area contributed by atoms with Crippen molar-refractivity contribution >= 4 is 0 Å². The maximum absolute atomic E-state index is 12.9. The summed E-state index contributed by atoms with van der Waals surface area (Å²) in [6, 6.07) is 2.80. The molecule has 0 aliphatic carbocycles. The van der Waals surface area contributed by atoms with Gasteiger partial charge in [0.05, 0.1) is 12.5 Å². The molecule has 1 aromatic rings. The fraction of sp³-hybridized carbons (Fsp3) is 0.222. The minimum Gasteiger partial charge on any atom is -0.205 e. The molecule has 0 radical (unpaired) electrons. The van der Waals surface area contributed by atoms with Crippen LogP contribution in [0.15, 0.2) is 12.1 Å². The van der Waals surface area contributed by atoms with Gasteiger partial charge >= 0.3 is 0 Å². The van der Waals surface area contributed by atoms with Crippen LogP contribution >= 0.6 is 0 Å². The van der Waals surface area contributed by atoms with Gasteiger partial charge in [-0.05, 0) is 12.1 Å². The van der Waals surface area contributed by atoms with E-state index in [2.05, 4.69) is 0 Å². The molecule has 0 saturated carbocycles. The van der Waals surface area contributed by atoms with E-state index in [4.69, 9.17) is 5.26 Å². The molecule has 0 aliphatic rings. The van der Waals surface area contributed by atoms with E-state index in [1.54, 1.807) is 6.07 Å². The Balaban J connectivity index is 3.22. The number of nitrogens with zero attached hydrogens (tertiary/aromatic N) is 1. The third-order valence-corrected chi connectivity index (χ3v) is 1.65. The molecule has 14 heavy (non-hydrogen) atoms. The number of alkyl halides is 2. The lowest BCUT2D eigenvalue weighted by molar-refractivity contribution is 0.150. The summed E-state index contributed by atoms with van der Waals surface area (Å²) in [4.78, 5) is 0. The highest BCUT2D eigenvalue weighted by atomic mass is 19.3. The number of hydrogen-bond acceptors (Lipinski definition) is 1. The summed E-state index contributed by atoms with van der Waals surface area (Å²) in [5.41, 5.74) is -0.961. The van der Waals surface area contributed by atoms with Crippen molar-refractivity contribution in [1.82, 2.24) is 0 Å². The highest BCUT2D eigenvalue weighted by Crippen LogP contribution is 2.23. The lowest BCUT2D eigenvalue weighted by Crippen LogP contribution is -1.97. The van der Waals surface area contributed by atoms with Crippen LogP contribution in [-0.2, 0) is 6.42 Å². The van der Waals surface area contributed by atoms with Crippen LogP contribution in [-0.4, -0.2) is 0 Å². The lowest BCUT2D eigenvalue weighted by Gasteiger charge is -2.04. The number of hydrogen-bond donors (Lipinski definition) is 0. The van der Waals surface area contributed by atoms with Crippen molar-refractivity contribution in [3.05, 3.63) is 34.9 Å². The number of nitriles is 1. The first-order chi connectivity index (χ1) is 6.56. The Kier molecular flexibility index (Phi) is 3.07. The van der Waals surface area contributed by atoms with Crippen LogP contribution in [0.5, 0.6) is 0 Å². The van der Waals surface area contributed by atoms with Gasteiger partial charge in [0.2, 0.25) is 0 Å². The first kappa shape index (κ1) is 10.5. The van der Waals surface area contributed by atoms with Gasteiger partial charge in [0.25, 0.3) is 6.43 Å². The van der Waals surface area contributed by atoms with Crippen LogP contribution in [0.25, 0.3) is 0 Å². The summed E-state index contributed by atoms with van der Waals surface area (Å²) in [6.07, 6.45) is -3.30. The van der Waals surface area contributed by atoms with E-state index in [1.165, 1.54) is 0 Å². The molecule has 0 amide bonds. The van der Waals surface area contributed by atoms with Crippen molar-refractivity contribution in [1.29, 1.82) is 5.26 Å². The SMILES string of the molecule is N#CCc1cc(C(F)F)cc(F)c1F. The highest BCUT2D eigenvalue weighted by molar-refractivity contribution is 5.29. The molecule has 0 atom stereocenters. The molecule has 0 bridgehead atoms. The van der Waals surface area contributed by atoms with Crippen LogP contribution in [0, 0.1) is 23.0 Å². The highest BCUT2D eigenvalue weighted by Gasteiger charge is 2.15. The van der Waals surface area contributed by atoms with Crippen molar-refractivity contribution in [2.45, 2.75) is 12.8 Å². The monoisotopic (exact) mass is 203 g/mol. The summed E-state index contributed by atoms with van der Waals surface area (Å²) in [5, 5.41) is 8.24. The predicted octanol–water partition coefficient (Wildman–Crippen LogP) is 2.97. The van der Waals surface area contributed by atoms with Gasteiger partial charge in [0.1, 0.15) is 0 Å². The lowest BCUT2D eigenvalue weighted by atomic mass is 10.1. The van der Waals surface area contributed by atoms with Crippen LogP contribution < -0.4 is 0 Å². The zero-order chi connectivity index (χ0) is 10.7. The van der Waals surface area contributed by atoms with E-state index in [-0.39, 0.29) is 5.56 Å². The maximum Gasteiger partial charge on any atom is 0.263 e. The largest absolute Gasteiger partial charge is 0.263 e. The Bertz CT molecular complexity index is 381. The second kappa shape index (κ2) is 4.09. The number of benzene rings is 1. The third-order valence-electron chi connectivity index (χ3n) is 1.65. The van der Waals surface area contributed by atoms with Gasteiger partial charge in [-0.1, -0.05) is 0 Å². The molecule has 1 rings (SSSR count). The number of halogens is 4. The zero-order valence-corrected chi connectivity index (χ0v) is 6.90. The Labute approximate surface area is 77.6 Å². The van der Waals surface area contributed by atoms with Gasteiger partial charge in [-0.3, -0.25) is 0 Å². The summed E-state index contributed by atoms with van der Waals surface area (Å²) >= 11 is 0. The fourth-order valence-electron chi connectivity index (χ4n) is 1.01. The Hall–Kier alpha value is -1.57. The predicted molar refractivity (Wildman–Crippen MR) is 40.6 cm³/mol. The van der Waals surface area contributed by atoms with Gasteiger partial charge in [-0.2, -0.15) is 5.26 Å². The summed E-state index contributed by atoms with van der Waals surface area (Å²) in [5.74, 6) is -2.59. The molecule has 0 N–H and O–H groups in total. The molecule has 1 nitrogen and oxygen atoms in total. The average molecular weight is 203 g/mol. The van der Waals surface area contributed by atoms with Crippen LogP contribution in [0.3, 0.4) is 0 Å². The minimum atomic E-state index is -2.87. The van der Waals surface area contributed by atoms with Gasteiger partial charge in [-0.25, -0.2) is 17.6 Å². The van der Waals surface area contributed by atoms with Crippen molar-refractivity contribution in [2.24, 2.45) is 0 Å².